The smallest absolute Gasteiger partial charge is 0.296 e. The Morgan fingerprint density at radius 2 is 1.86 bits per heavy atom. The SMILES string of the molecule is O=C1C(=O)N(Cc2cccs2)C(c2cccs2)/C1=C(\O)c1ccc2c(c1)OCO2. The number of ketones is 1. The van der Waals surface area contributed by atoms with Gasteiger partial charge in [-0.05, 0) is 41.1 Å². The molecule has 2 aromatic heterocycles. The van der Waals surface area contributed by atoms with E-state index < -0.39 is 17.7 Å². The number of Topliss-reactive ketones (excluding diaryl/α,β-unsaturated/α-hetero) is 1. The lowest BCUT2D eigenvalue weighted by Crippen LogP contribution is -2.28. The second-order valence-corrected chi connectivity index (χ2v) is 8.60. The van der Waals surface area contributed by atoms with Gasteiger partial charge in [0.1, 0.15) is 11.8 Å². The molecule has 0 spiro atoms. The highest BCUT2D eigenvalue weighted by Crippen LogP contribution is 2.43. The van der Waals surface area contributed by atoms with E-state index in [0.717, 1.165) is 9.75 Å². The highest BCUT2D eigenvalue weighted by Gasteiger charge is 2.46. The van der Waals surface area contributed by atoms with Crippen LogP contribution in [0, 0.1) is 0 Å². The van der Waals surface area contributed by atoms with Crippen LogP contribution in [0.15, 0.2) is 58.8 Å². The Morgan fingerprint density at radius 1 is 1.07 bits per heavy atom. The third-order valence-corrected chi connectivity index (χ3v) is 6.69. The van der Waals surface area contributed by atoms with Crippen LogP contribution in [0.1, 0.15) is 21.4 Å². The molecule has 1 N–H and O–H groups in total. The van der Waals surface area contributed by atoms with Gasteiger partial charge in [0.25, 0.3) is 11.7 Å². The van der Waals surface area contributed by atoms with Crippen LogP contribution >= 0.6 is 22.7 Å². The maximum absolute atomic E-state index is 12.9. The number of likely N-dealkylation sites (tertiary alicyclic amines) is 1. The van der Waals surface area contributed by atoms with Crippen molar-refractivity contribution in [2.75, 3.05) is 6.79 Å². The van der Waals surface area contributed by atoms with E-state index in [2.05, 4.69) is 0 Å². The molecule has 0 aliphatic carbocycles. The Hall–Kier alpha value is -3.10. The number of hydrogen-bond acceptors (Lipinski definition) is 7. The first-order chi connectivity index (χ1) is 14.1. The molecule has 0 saturated carbocycles. The Kier molecular flexibility index (Phi) is 4.37. The van der Waals surface area contributed by atoms with Gasteiger partial charge in [-0.15, -0.1) is 22.7 Å². The number of benzene rings is 1. The normalized spacial score (nSPS) is 19.9. The van der Waals surface area contributed by atoms with Gasteiger partial charge in [0.05, 0.1) is 12.1 Å². The van der Waals surface area contributed by atoms with Gasteiger partial charge in [0.15, 0.2) is 11.5 Å². The highest BCUT2D eigenvalue weighted by atomic mass is 32.1. The summed E-state index contributed by atoms with van der Waals surface area (Å²) in [6.07, 6.45) is 0. The minimum absolute atomic E-state index is 0.0906. The zero-order valence-electron chi connectivity index (χ0n) is 15.0. The largest absolute Gasteiger partial charge is 0.507 e. The fraction of sp³-hybridized carbons (Fsp3) is 0.143. The standard InChI is InChI=1S/C21H15NO5S2/c23-19(12-5-6-14-15(9-12)27-11-26-14)17-18(16-4-2-8-29-16)22(21(25)20(17)24)10-13-3-1-7-28-13/h1-9,18,23H,10-11H2/b19-17+. The number of carbonyl (C=O) groups excluding carboxylic acids is 2. The second kappa shape index (κ2) is 7.06. The lowest BCUT2D eigenvalue weighted by atomic mass is 9.99. The first kappa shape index (κ1) is 18.0. The fourth-order valence-corrected chi connectivity index (χ4v) is 5.10. The summed E-state index contributed by atoms with van der Waals surface area (Å²) in [6, 6.07) is 11.9. The van der Waals surface area contributed by atoms with Gasteiger partial charge >= 0.3 is 0 Å². The topological polar surface area (TPSA) is 76.1 Å². The van der Waals surface area contributed by atoms with E-state index in [1.54, 1.807) is 18.2 Å². The lowest BCUT2D eigenvalue weighted by Gasteiger charge is -2.23. The molecule has 1 atom stereocenters. The monoisotopic (exact) mass is 425 g/mol. The molecular weight excluding hydrogens is 410 g/mol. The van der Waals surface area contributed by atoms with Crippen molar-refractivity contribution in [1.82, 2.24) is 4.90 Å². The third kappa shape index (κ3) is 3.01. The number of nitrogens with zero attached hydrogens (tertiary/aromatic N) is 1. The maximum Gasteiger partial charge on any atom is 0.296 e. The predicted molar refractivity (Wildman–Crippen MR) is 109 cm³/mol. The van der Waals surface area contributed by atoms with E-state index in [9.17, 15) is 14.7 Å². The quantitative estimate of drug-likeness (QED) is 0.386. The number of hydrogen-bond donors (Lipinski definition) is 1. The molecule has 1 amide bonds. The van der Waals surface area contributed by atoms with Crippen molar-refractivity contribution in [3.05, 3.63) is 74.1 Å². The van der Waals surface area contributed by atoms with Gasteiger partial charge in [-0.1, -0.05) is 12.1 Å². The average molecular weight is 425 g/mol. The number of aliphatic hydroxyl groups excluding tert-OH is 1. The van der Waals surface area contributed by atoms with Gasteiger partial charge in [-0.3, -0.25) is 9.59 Å². The average Bonchev–Trinajstić information content (AvgIpc) is 3.51. The molecule has 6 nitrogen and oxygen atoms in total. The molecule has 4 heterocycles. The van der Waals surface area contributed by atoms with E-state index in [0.29, 0.717) is 23.6 Å². The Labute approximate surface area is 174 Å². The highest BCUT2D eigenvalue weighted by molar-refractivity contribution is 7.10. The lowest BCUT2D eigenvalue weighted by molar-refractivity contribution is -0.140. The Morgan fingerprint density at radius 3 is 2.62 bits per heavy atom. The van der Waals surface area contributed by atoms with Crippen LogP contribution in [0.4, 0.5) is 0 Å². The first-order valence-corrected chi connectivity index (χ1v) is 10.6. The minimum Gasteiger partial charge on any atom is -0.507 e. The first-order valence-electron chi connectivity index (χ1n) is 8.87. The molecule has 2 aliphatic heterocycles. The Bertz CT molecular complexity index is 1120. The summed E-state index contributed by atoms with van der Waals surface area (Å²) >= 11 is 2.97. The molecule has 3 aromatic rings. The van der Waals surface area contributed by atoms with Gasteiger partial charge in [0.2, 0.25) is 6.79 Å². The van der Waals surface area contributed by atoms with E-state index >= 15 is 0 Å². The molecule has 1 aromatic carbocycles. The van der Waals surface area contributed by atoms with Gasteiger partial charge in [-0.25, -0.2) is 0 Å². The Balaban J connectivity index is 1.62. The number of amides is 1. The number of rotatable bonds is 4. The molecule has 1 unspecified atom stereocenters. The summed E-state index contributed by atoms with van der Waals surface area (Å²) in [5.41, 5.74) is 0.498. The summed E-state index contributed by atoms with van der Waals surface area (Å²) in [6.45, 7) is 0.419. The molecular formula is C21H15NO5S2. The van der Waals surface area contributed by atoms with Crippen LogP contribution in [0.3, 0.4) is 0 Å². The summed E-state index contributed by atoms with van der Waals surface area (Å²) in [5.74, 6) is -0.438. The fourth-order valence-electron chi connectivity index (χ4n) is 3.56. The summed E-state index contributed by atoms with van der Waals surface area (Å²) < 4.78 is 10.7. The van der Waals surface area contributed by atoms with Crippen LogP contribution in [0.5, 0.6) is 11.5 Å². The van der Waals surface area contributed by atoms with Crippen molar-refractivity contribution in [2.45, 2.75) is 12.6 Å². The zero-order chi connectivity index (χ0) is 20.0. The molecule has 29 heavy (non-hydrogen) atoms. The van der Waals surface area contributed by atoms with Crippen LogP contribution < -0.4 is 9.47 Å². The third-order valence-electron chi connectivity index (χ3n) is 4.90. The van der Waals surface area contributed by atoms with Gasteiger partial charge in [0, 0.05) is 15.3 Å². The van der Waals surface area contributed by atoms with E-state index in [-0.39, 0.29) is 18.1 Å². The number of aliphatic hydroxyl groups is 1. The summed E-state index contributed by atoms with van der Waals surface area (Å²) in [5, 5.41) is 14.9. The maximum atomic E-state index is 12.9. The number of carbonyl (C=O) groups is 2. The van der Waals surface area contributed by atoms with E-state index in [1.165, 1.54) is 27.6 Å². The molecule has 5 rings (SSSR count). The predicted octanol–water partition coefficient (Wildman–Crippen LogP) is 4.16. The summed E-state index contributed by atoms with van der Waals surface area (Å²) in [7, 11) is 0. The summed E-state index contributed by atoms with van der Waals surface area (Å²) in [4.78, 5) is 29.1. The number of fused-ring (bicyclic) bond motifs is 1. The van der Waals surface area contributed by atoms with Crippen molar-refractivity contribution in [3.63, 3.8) is 0 Å². The van der Waals surface area contributed by atoms with Gasteiger partial charge in [-0.2, -0.15) is 0 Å². The van der Waals surface area contributed by atoms with Crippen LogP contribution in [0.2, 0.25) is 0 Å². The zero-order valence-corrected chi connectivity index (χ0v) is 16.7. The van der Waals surface area contributed by atoms with Crippen LogP contribution in [-0.2, 0) is 16.1 Å². The molecule has 0 bridgehead atoms. The molecule has 8 heteroatoms. The molecule has 2 aliphatic rings. The van der Waals surface area contributed by atoms with Crippen molar-refractivity contribution in [2.24, 2.45) is 0 Å². The van der Waals surface area contributed by atoms with Crippen LogP contribution in [-0.4, -0.2) is 28.5 Å². The molecule has 1 fully saturated rings. The van der Waals surface area contributed by atoms with Gasteiger partial charge < -0.3 is 19.5 Å². The van der Waals surface area contributed by atoms with E-state index in [4.69, 9.17) is 9.47 Å². The minimum atomic E-state index is -0.685. The molecule has 0 radical (unpaired) electrons. The van der Waals surface area contributed by atoms with Crippen molar-refractivity contribution < 1.29 is 24.2 Å². The van der Waals surface area contributed by atoms with Crippen molar-refractivity contribution >= 4 is 40.1 Å². The van der Waals surface area contributed by atoms with Crippen LogP contribution in [0.25, 0.3) is 5.76 Å². The number of ether oxygens (including phenoxy) is 2. The van der Waals surface area contributed by atoms with Crippen molar-refractivity contribution in [1.29, 1.82) is 0 Å². The molecule has 1 saturated heterocycles. The molecule has 146 valence electrons. The number of thiophene rings is 2. The van der Waals surface area contributed by atoms with E-state index in [1.807, 2.05) is 35.0 Å². The van der Waals surface area contributed by atoms with Crippen molar-refractivity contribution in [3.8, 4) is 11.5 Å². The second-order valence-electron chi connectivity index (χ2n) is 6.59.